The SMILES string of the molecule is CN(C)c1cccc(-c2n[nH]c3ccc(N)cc23)c1. The molecule has 0 amide bonds. The van der Waals surface area contributed by atoms with Gasteiger partial charge in [-0.2, -0.15) is 5.10 Å². The first kappa shape index (κ1) is 11.6. The second kappa shape index (κ2) is 4.31. The number of hydrogen-bond acceptors (Lipinski definition) is 3. The summed E-state index contributed by atoms with van der Waals surface area (Å²) in [7, 11) is 4.06. The average molecular weight is 252 g/mol. The lowest BCUT2D eigenvalue weighted by molar-refractivity contribution is 1.11. The van der Waals surface area contributed by atoms with E-state index in [9.17, 15) is 0 Å². The second-order valence-electron chi connectivity index (χ2n) is 4.82. The minimum Gasteiger partial charge on any atom is -0.399 e. The lowest BCUT2D eigenvalue weighted by Gasteiger charge is -2.13. The van der Waals surface area contributed by atoms with E-state index in [-0.39, 0.29) is 0 Å². The summed E-state index contributed by atoms with van der Waals surface area (Å²) < 4.78 is 0. The van der Waals surface area contributed by atoms with Gasteiger partial charge in [0.2, 0.25) is 0 Å². The van der Waals surface area contributed by atoms with Gasteiger partial charge in [-0.25, -0.2) is 0 Å². The predicted octanol–water partition coefficient (Wildman–Crippen LogP) is 2.88. The van der Waals surface area contributed by atoms with Crippen LogP contribution in [0.5, 0.6) is 0 Å². The molecule has 0 aliphatic carbocycles. The van der Waals surface area contributed by atoms with Crippen molar-refractivity contribution in [1.29, 1.82) is 0 Å². The van der Waals surface area contributed by atoms with E-state index >= 15 is 0 Å². The minimum absolute atomic E-state index is 0.749. The molecule has 3 rings (SSSR count). The van der Waals surface area contributed by atoms with Crippen LogP contribution in [0.2, 0.25) is 0 Å². The number of aromatic amines is 1. The summed E-state index contributed by atoms with van der Waals surface area (Å²) in [5, 5.41) is 8.50. The van der Waals surface area contributed by atoms with Crippen LogP contribution in [0, 0.1) is 0 Å². The number of anilines is 2. The van der Waals surface area contributed by atoms with Crippen LogP contribution in [0.25, 0.3) is 22.2 Å². The first-order valence-electron chi connectivity index (χ1n) is 6.16. The molecule has 0 aliphatic rings. The molecule has 3 aromatic rings. The number of benzene rings is 2. The Hall–Kier alpha value is -2.49. The second-order valence-corrected chi connectivity index (χ2v) is 4.82. The topological polar surface area (TPSA) is 57.9 Å². The van der Waals surface area contributed by atoms with Gasteiger partial charge >= 0.3 is 0 Å². The third-order valence-corrected chi connectivity index (χ3v) is 3.22. The highest BCUT2D eigenvalue weighted by Gasteiger charge is 2.09. The molecular weight excluding hydrogens is 236 g/mol. The Kier molecular flexibility index (Phi) is 2.63. The minimum atomic E-state index is 0.749. The van der Waals surface area contributed by atoms with Crippen molar-refractivity contribution >= 4 is 22.3 Å². The van der Waals surface area contributed by atoms with E-state index in [0.717, 1.165) is 33.5 Å². The van der Waals surface area contributed by atoms with Gasteiger partial charge in [0.05, 0.1) is 5.52 Å². The summed E-state index contributed by atoms with van der Waals surface area (Å²) in [5.41, 5.74) is 10.8. The molecular formula is C15H16N4. The predicted molar refractivity (Wildman–Crippen MR) is 80.3 cm³/mol. The zero-order chi connectivity index (χ0) is 13.4. The van der Waals surface area contributed by atoms with Crippen LogP contribution in [0.1, 0.15) is 0 Å². The number of nitrogens with one attached hydrogen (secondary N) is 1. The number of nitrogens with zero attached hydrogens (tertiary/aromatic N) is 2. The van der Waals surface area contributed by atoms with Crippen LogP contribution in [-0.2, 0) is 0 Å². The number of aromatic nitrogens is 2. The van der Waals surface area contributed by atoms with Gasteiger partial charge in [0.1, 0.15) is 5.69 Å². The zero-order valence-corrected chi connectivity index (χ0v) is 11.0. The Morgan fingerprint density at radius 2 is 1.95 bits per heavy atom. The Bertz CT molecular complexity index is 728. The van der Waals surface area contributed by atoms with E-state index in [4.69, 9.17) is 5.73 Å². The van der Waals surface area contributed by atoms with Crippen LogP contribution >= 0.6 is 0 Å². The third kappa shape index (κ3) is 2.01. The van der Waals surface area contributed by atoms with Gasteiger partial charge in [-0.1, -0.05) is 12.1 Å². The van der Waals surface area contributed by atoms with Crippen molar-refractivity contribution in [2.45, 2.75) is 0 Å². The van der Waals surface area contributed by atoms with Gasteiger partial charge in [0, 0.05) is 36.4 Å². The molecule has 19 heavy (non-hydrogen) atoms. The van der Waals surface area contributed by atoms with Crippen molar-refractivity contribution in [1.82, 2.24) is 10.2 Å². The van der Waals surface area contributed by atoms with Crippen LogP contribution in [0.15, 0.2) is 42.5 Å². The summed E-state index contributed by atoms with van der Waals surface area (Å²) >= 11 is 0. The Morgan fingerprint density at radius 1 is 1.11 bits per heavy atom. The first-order valence-corrected chi connectivity index (χ1v) is 6.16. The standard InChI is InChI=1S/C15H16N4/c1-19(2)12-5-3-4-10(8-12)15-13-9-11(16)6-7-14(13)17-18-15/h3-9H,16H2,1-2H3,(H,17,18). The van der Waals surface area contributed by atoms with Gasteiger partial charge in [-0.3, -0.25) is 5.10 Å². The van der Waals surface area contributed by atoms with Crippen LogP contribution in [0.3, 0.4) is 0 Å². The molecule has 1 aromatic heterocycles. The van der Waals surface area contributed by atoms with E-state index in [1.807, 2.05) is 38.4 Å². The summed E-state index contributed by atoms with van der Waals surface area (Å²) in [6, 6.07) is 14.1. The summed E-state index contributed by atoms with van der Waals surface area (Å²) in [6.45, 7) is 0. The molecule has 0 bridgehead atoms. The maximum Gasteiger partial charge on any atom is 0.100 e. The molecule has 1 heterocycles. The van der Waals surface area contributed by atoms with Gasteiger partial charge in [0.15, 0.2) is 0 Å². The maximum atomic E-state index is 5.86. The van der Waals surface area contributed by atoms with Gasteiger partial charge < -0.3 is 10.6 Å². The van der Waals surface area contributed by atoms with Crippen LogP contribution in [-0.4, -0.2) is 24.3 Å². The van der Waals surface area contributed by atoms with Gasteiger partial charge in [-0.15, -0.1) is 0 Å². The zero-order valence-electron chi connectivity index (χ0n) is 11.0. The van der Waals surface area contributed by atoms with Crippen LogP contribution < -0.4 is 10.6 Å². The van der Waals surface area contributed by atoms with Crippen LogP contribution in [0.4, 0.5) is 11.4 Å². The first-order chi connectivity index (χ1) is 9.15. The molecule has 2 aromatic carbocycles. The van der Waals surface area contributed by atoms with E-state index in [0.29, 0.717) is 0 Å². The molecule has 0 fully saturated rings. The van der Waals surface area contributed by atoms with E-state index < -0.39 is 0 Å². The fraction of sp³-hybridized carbons (Fsp3) is 0.133. The summed E-state index contributed by atoms with van der Waals surface area (Å²) in [4.78, 5) is 2.08. The number of rotatable bonds is 2. The largest absolute Gasteiger partial charge is 0.399 e. The number of nitrogen functional groups attached to an aromatic ring is 1. The molecule has 4 heteroatoms. The van der Waals surface area contributed by atoms with Crippen molar-refractivity contribution in [3.8, 4) is 11.3 Å². The summed E-state index contributed by atoms with van der Waals surface area (Å²) in [5.74, 6) is 0. The molecule has 0 saturated heterocycles. The Balaban J connectivity index is 2.18. The quantitative estimate of drug-likeness (QED) is 0.689. The molecule has 0 spiro atoms. The number of hydrogen-bond donors (Lipinski definition) is 2. The molecule has 4 nitrogen and oxygen atoms in total. The Labute approximate surface area is 111 Å². The highest BCUT2D eigenvalue weighted by molar-refractivity contribution is 5.95. The normalized spacial score (nSPS) is 10.8. The average Bonchev–Trinajstić information content (AvgIpc) is 2.81. The van der Waals surface area contributed by atoms with E-state index in [2.05, 4.69) is 33.3 Å². The fourth-order valence-electron chi connectivity index (χ4n) is 2.18. The van der Waals surface area contributed by atoms with Gasteiger partial charge in [-0.05, 0) is 30.3 Å². The fourth-order valence-corrected chi connectivity index (χ4v) is 2.18. The monoisotopic (exact) mass is 252 g/mol. The van der Waals surface area contributed by atoms with E-state index in [1.54, 1.807) is 0 Å². The third-order valence-electron chi connectivity index (χ3n) is 3.22. The van der Waals surface area contributed by atoms with Crippen molar-refractivity contribution in [3.05, 3.63) is 42.5 Å². The molecule has 0 aliphatic heterocycles. The highest BCUT2D eigenvalue weighted by atomic mass is 15.1. The number of nitrogens with two attached hydrogens (primary N) is 1. The van der Waals surface area contributed by atoms with Crippen molar-refractivity contribution in [2.24, 2.45) is 0 Å². The smallest absolute Gasteiger partial charge is 0.100 e. The molecule has 0 saturated carbocycles. The van der Waals surface area contributed by atoms with E-state index in [1.165, 1.54) is 0 Å². The lowest BCUT2D eigenvalue weighted by Crippen LogP contribution is -2.08. The summed E-state index contributed by atoms with van der Waals surface area (Å²) in [6.07, 6.45) is 0. The maximum absolute atomic E-state index is 5.86. The Morgan fingerprint density at radius 3 is 2.74 bits per heavy atom. The number of H-pyrrole nitrogens is 1. The van der Waals surface area contributed by atoms with Gasteiger partial charge in [0.25, 0.3) is 0 Å². The molecule has 0 unspecified atom stereocenters. The number of fused-ring (bicyclic) bond motifs is 1. The van der Waals surface area contributed by atoms with Crippen molar-refractivity contribution in [2.75, 3.05) is 24.7 Å². The van der Waals surface area contributed by atoms with Crippen molar-refractivity contribution < 1.29 is 0 Å². The molecule has 0 atom stereocenters. The lowest BCUT2D eigenvalue weighted by atomic mass is 10.1. The highest BCUT2D eigenvalue weighted by Crippen LogP contribution is 2.29. The molecule has 3 N–H and O–H groups in total. The molecule has 0 radical (unpaired) electrons. The van der Waals surface area contributed by atoms with Crippen molar-refractivity contribution in [3.63, 3.8) is 0 Å². The molecule has 96 valence electrons.